The van der Waals surface area contributed by atoms with Crippen LogP contribution in [0, 0.1) is 0 Å². The number of rotatable bonds is 5. The van der Waals surface area contributed by atoms with E-state index in [9.17, 15) is 0 Å². The maximum Gasteiger partial charge on any atom is 0.114 e. The van der Waals surface area contributed by atoms with Crippen molar-refractivity contribution in [1.29, 1.82) is 0 Å². The number of nitrogens with zero attached hydrogens (tertiary/aromatic N) is 1. The van der Waals surface area contributed by atoms with Crippen LogP contribution < -0.4 is 5.32 Å². The van der Waals surface area contributed by atoms with Crippen molar-refractivity contribution in [1.82, 2.24) is 10.3 Å². The van der Waals surface area contributed by atoms with Gasteiger partial charge >= 0.3 is 0 Å². The highest BCUT2D eigenvalue weighted by molar-refractivity contribution is 7.09. The molecule has 3 rings (SSSR count). The Bertz CT molecular complexity index is 529. The predicted molar refractivity (Wildman–Crippen MR) is 80.6 cm³/mol. The highest BCUT2D eigenvalue weighted by Gasteiger charge is 2.29. The third-order valence-corrected chi connectivity index (χ3v) is 4.36. The molecule has 0 aliphatic heterocycles. The smallest absolute Gasteiger partial charge is 0.114 e. The fourth-order valence-corrected chi connectivity index (χ4v) is 3.26. The zero-order valence-corrected chi connectivity index (χ0v) is 12.3. The summed E-state index contributed by atoms with van der Waals surface area (Å²) in [7, 11) is 0. The molecule has 1 atom stereocenters. The largest absolute Gasteiger partial charge is 0.302 e. The van der Waals surface area contributed by atoms with E-state index in [1.165, 1.54) is 29.0 Å². The molecule has 0 saturated heterocycles. The summed E-state index contributed by atoms with van der Waals surface area (Å²) in [5.74, 6) is 0.771. The molecule has 3 heteroatoms. The second kappa shape index (κ2) is 5.43. The van der Waals surface area contributed by atoms with Crippen LogP contribution in [-0.4, -0.2) is 11.0 Å². The van der Waals surface area contributed by atoms with Gasteiger partial charge in [0.05, 0.1) is 6.04 Å². The van der Waals surface area contributed by atoms with Crippen molar-refractivity contribution in [3.8, 4) is 0 Å². The Morgan fingerprint density at radius 1 is 1.26 bits per heavy atom. The van der Waals surface area contributed by atoms with Crippen LogP contribution in [0.1, 0.15) is 54.8 Å². The van der Waals surface area contributed by atoms with Gasteiger partial charge in [-0.1, -0.05) is 24.3 Å². The van der Waals surface area contributed by atoms with Crippen molar-refractivity contribution in [3.05, 3.63) is 52.0 Å². The van der Waals surface area contributed by atoms with Crippen LogP contribution in [0.5, 0.6) is 0 Å². The fourth-order valence-electron chi connectivity index (χ4n) is 2.54. The summed E-state index contributed by atoms with van der Waals surface area (Å²) in [6.45, 7) is 4.39. The van der Waals surface area contributed by atoms with Gasteiger partial charge in [0.1, 0.15) is 5.01 Å². The first kappa shape index (κ1) is 12.8. The Labute approximate surface area is 118 Å². The average Bonchev–Trinajstić information content (AvgIpc) is 3.11. The Kier molecular flexibility index (Phi) is 3.67. The first-order valence-corrected chi connectivity index (χ1v) is 7.88. The second-order valence-electron chi connectivity index (χ2n) is 5.53. The Hall–Kier alpha value is -1.19. The van der Waals surface area contributed by atoms with Gasteiger partial charge in [-0.2, -0.15) is 0 Å². The molecular formula is C16H20N2S. The lowest BCUT2D eigenvalue weighted by atomic mass is 9.97. The molecule has 2 nitrogen and oxygen atoms in total. The van der Waals surface area contributed by atoms with Gasteiger partial charge in [-0.3, -0.25) is 0 Å². The van der Waals surface area contributed by atoms with Crippen LogP contribution in [0.15, 0.2) is 35.8 Å². The van der Waals surface area contributed by atoms with Crippen LogP contribution >= 0.6 is 11.3 Å². The lowest BCUT2D eigenvalue weighted by molar-refractivity contribution is 0.524. The molecule has 2 aromatic rings. The monoisotopic (exact) mass is 272 g/mol. The number of nitrogens with one attached hydrogen (secondary N) is 1. The van der Waals surface area contributed by atoms with Crippen molar-refractivity contribution in [2.24, 2.45) is 0 Å². The first-order valence-electron chi connectivity index (χ1n) is 7.00. The minimum absolute atomic E-state index is 0.233. The van der Waals surface area contributed by atoms with Gasteiger partial charge in [0.2, 0.25) is 0 Å². The van der Waals surface area contributed by atoms with E-state index in [0.29, 0.717) is 6.04 Å². The summed E-state index contributed by atoms with van der Waals surface area (Å²) in [6, 6.07) is 9.53. The maximum absolute atomic E-state index is 4.52. The van der Waals surface area contributed by atoms with E-state index < -0.39 is 0 Å². The fraction of sp³-hybridized carbons (Fsp3) is 0.438. The van der Waals surface area contributed by atoms with E-state index in [1.807, 2.05) is 6.20 Å². The van der Waals surface area contributed by atoms with E-state index in [-0.39, 0.29) is 6.04 Å². The average molecular weight is 272 g/mol. The molecule has 1 unspecified atom stereocenters. The lowest BCUT2D eigenvalue weighted by Gasteiger charge is -2.22. The van der Waals surface area contributed by atoms with Gasteiger partial charge in [0, 0.05) is 17.6 Å². The van der Waals surface area contributed by atoms with E-state index >= 15 is 0 Å². The molecule has 100 valence electrons. The second-order valence-corrected chi connectivity index (χ2v) is 6.45. The highest BCUT2D eigenvalue weighted by atomic mass is 32.1. The summed E-state index contributed by atoms with van der Waals surface area (Å²) >= 11 is 1.74. The van der Waals surface area contributed by atoms with Crippen molar-refractivity contribution >= 4 is 11.3 Å². The van der Waals surface area contributed by atoms with E-state index in [4.69, 9.17) is 0 Å². The van der Waals surface area contributed by atoms with Gasteiger partial charge in [-0.25, -0.2) is 4.98 Å². The molecule has 1 heterocycles. The van der Waals surface area contributed by atoms with Gasteiger partial charge in [-0.15, -0.1) is 11.3 Å². The number of thiazole rings is 1. The van der Waals surface area contributed by atoms with Gasteiger partial charge in [0.15, 0.2) is 0 Å². The Morgan fingerprint density at radius 2 is 2.05 bits per heavy atom. The van der Waals surface area contributed by atoms with Crippen LogP contribution in [-0.2, 0) is 0 Å². The lowest BCUT2D eigenvalue weighted by Crippen LogP contribution is -2.29. The minimum Gasteiger partial charge on any atom is -0.302 e. The van der Waals surface area contributed by atoms with Crippen LogP contribution in [0.3, 0.4) is 0 Å². The number of aromatic nitrogens is 1. The van der Waals surface area contributed by atoms with Gasteiger partial charge in [-0.05, 0) is 43.7 Å². The van der Waals surface area contributed by atoms with Crippen molar-refractivity contribution in [2.75, 3.05) is 0 Å². The van der Waals surface area contributed by atoms with Gasteiger partial charge in [0.25, 0.3) is 0 Å². The molecule has 1 aromatic heterocycles. The topological polar surface area (TPSA) is 24.9 Å². The number of hydrogen-bond acceptors (Lipinski definition) is 3. The molecule has 0 bridgehead atoms. The summed E-state index contributed by atoms with van der Waals surface area (Å²) in [5.41, 5.74) is 2.92. The Morgan fingerprint density at radius 3 is 2.68 bits per heavy atom. The van der Waals surface area contributed by atoms with Crippen molar-refractivity contribution in [2.45, 2.75) is 44.7 Å². The minimum atomic E-state index is 0.233. The molecule has 0 spiro atoms. The third kappa shape index (κ3) is 2.88. The van der Waals surface area contributed by atoms with E-state index in [2.05, 4.69) is 53.8 Å². The molecule has 0 amide bonds. The van der Waals surface area contributed by atoms with Crippen LogP contribution in [0.2, 0.25) is 0 Å². The molecule has 19 heavy (non-hydrogen) atoms. The first-order chi connectivity index (χ1) is 9.25. The maximum atomic E-state index is 4.52. The van der Waals surface area contributed by atoms with Crippen LogP contribution in [0.4, 0.5) is 0 Å². The number of benzene rings is 1. The predicted octanol–water partition coefficient (Wildman–Crippen LogP) is 4.11. The van der Waals surface area contributed by atoms with E-state index in [0.717, 1.165) is 5.92 Å². The highest BCUT2D eigenvalue weighted by Crippen LogP contribution is 2.43. The SMILES string of the molecule is CC(C)NC(c1nccs1)c1ccccc1C1CC1. The van der Waals surface area contributed by atoms with Gasteiger partial charge < -0.3 is 5.32 Å². The standard InChI is InChI=1S/C16H20N2S/c1-11(2)18-15(16-17-9-10-19-16)14-6-4-3-5-13(14)12-7-8-12/h3-6,9-12,15,18H,7-8H2,1-2H3. The molecule has 1 fully saturated rings. The zero-order valence-electron chi connectivity index (χ0n) is 11.5. The van der Waals surface area contributed by atoms with E-state index in [1.54, 1.807) is 11.3 Å². The summed E-state index contributed by atoms with van der Waals surface area (Å²) in [5, 5.41) is 6.90. The van der Waals surface area contributed by atoms with Crippen molar-refractivity contribution in [3.63, 3.8) is 0 Å². The molecule has 1 aliphatic rings. The quantitative estimate of drug-likeness (QED) is 0.886. The van der Waals surface area contributed by atoms with Crippen LogP contribution in [0.25, 0.3) is 0 Å². The summed E-state index contributed by atoms with van der Waals surface area (Å²) in [6.07, 6.45) is 4.57. The molecule has 0 radical (unpaired) electrons. The molecule has 1 aromatic carbocycles. The molecule has 1 saturated carbocycles. The third-order valence-electron chi connectivity index (χ3n) is 3.52. The molecule has 1 N–H and O–H groups in total. The summed E-state index contributed by atoms with van der Waals surface area (Å²) in [4.78, 5) is 4.52. The normalized spacial score (nSPS) is 16.8. The molecular weight excluding hydrogens is 252 g/mol. The summed E-state index contributed by atoms with van der Waals surface area (Å²) < 4.78 is 0. The molecule has 1 aliphatic carbocycles. The van der Waals surface area contributed by atoms with Crippen molar-refractivity contribution < 1.29 is 0 Å². The Balaban J connectivity index is 1.99. The number of hydrogen-bond donors (Lipinski definition) is 1. The zero-order chi connectivity index (χ0) is 13.2.